The van der Waals surface area contributed by atoms with Gasteiger partial charge in [0.2, 0.25) is 5.91 Å². The van der Waals surface area contributed by atoms with Crippen LogP contribution in [0.4, 0.5) is 0 Å². The number of fused-ring (bicyclic) bond motifs is 1. The minimum Gasteiger partial charge on any atom is -0.497 e. The van der Waals surface area contributed by atoms with Crippen LogP contribution in [0.5, 0.6) is 5.75 Å². The number of aromatic nitrogens is 2. The minimum atomic E-state index is -0.161. The van der Waals surface area contributed by atoms with E-state index in [0.29, 0.717) is 36.4 Å². The lowest BCUT2D eigenvalue weighted by Crippen LogP contribution is -2.38. The summed E-state index contributed by atoms with van der Waals surface area (Å²) in [7, 11) is 1.64. The highest BCUT2D eigenvalue weighted by atomic mass is 16.5. The molecule has 2 aromatic carbocycles. The Morgan fingerprint density at radius 2 is 1.93 bits per heavy atom. The molecular weight excluding hydrogens is 368 g/mol. The van der Waals surface area contributed by atoms with E-state index in [-0.39, 0.29) is 18.0 Å². The van der Waals surface area contributed by atoms with Crippen molar-refractivity contribution in [2.24, 2.45) is 0 Å². The first kappa shape index (κ1) is 20.5. The summed E-state index contributed by atoms with van der Waals surface area (Å²) < 4.78 is 5.15. The average molecular weight is 394 g/mol. The van der Waals surface area contributed by atoms with Gasteiger partial charge in [-0.15, -0.1) is 0 Å². The fraction of sp³-hybridized carbons (Fsp3) is 0.318. The topological polar surface area (TPSA) is 87.3 Å². The number of aromatic amines is 1. The monoisotopic (exact) mass is 394 g/mol. The number of carbonyl (C=O) groups excluding carboxylic acids is 1. The molecule has 1 aromatic heterocycles. The normalized spacial score (nSPS) is 11.0. The average Bonchev–Trinajstić information content (AvgIpc) is 2.74. The second kappa shape index (κ2) is 9.84. The zero-order valence-electron chi connectivity index (χ0n) is 16.8. The Morgan fingerprint density at radius 1 is 1.17 bits per heavy atom. The van der Waals surface area contributed by atoms with Gasteiger partial charge in [0.15, 0.2) is 0 Å². The summed E-state index contributed by atoms with van der Waals surface area (Å²) >= 11 is 0. The van der Waals surface area contributed by atoms with E-state index in [4.69, 9.17) is 4.74 Å². The number of likely N-dealkylation sites (N-methyl/N-ethyl adjacent to an activating group) is 1. The number of ether oxygens (including phenoxy) is 1. The SMILES string of the molecule is CCN(CC(=O)NCCc1ccc(OC)cc1)Cc1nc2ccccc2c(=O)[nH]1. The van der Waals surface area contributed by atoms with Crippen LogP contribution in [0.1, 0.15) is 18.3 Å². The molecule has 7 heteroatoms. The molecule has 0 aliphatic heterocycles. The summed E-state index contributed by atoms with van der Waals surface area (Å²) in [4.78, 5) is 33.8. The maximum absolute atomic E-state index is 12.3. The lowest BCUT2D eigenvalue weighted by molar-refractivity contribution is -0.122. The summed E-state index contributed by atoms with van der Waals surface area (Å²) in [6.45, 7) is 3.86. The van der Waals surface area contributed by atoms with E-state index in [2.05, 4.69) is 15.3 Å². The van der Waals surface area contributed by atoms with Gasteiger partial charge in [-0.2, -0.15) is 0 Å². The molecule has 0 saturated heterocycles. The van der Waals surface area contributed by atoms with E-state index in [1.165, 1.54) is 0 Å². The van der Waals surface area contributed by atoms with Gasteiger partial charge in [-0.05, 0) is 42.8 Å². The molecule has 0 unspecified atom stereocenters. The zero-order chi connectivity index (χ0) is 20.6. The molecule has 3 aromatic rings. The van der Waals surface area contributed by atoms with Crippen LogP contribution >= 0.6 is 0 Å². The smallest absolute Gasteiger partial charge is 0.258 e. The van der Waals surface area contributed by atoms with E-state index in [1.54, 1.807) is 13.2 Å². The van der Waals surface area contributed by atoms with Crippen LogP contribution < -0.4 is 15.6 Å². The van der Waals surface area contributed by atoms with Gasteiger partial charge in [0.1, 0.15) is 11.6 Å². The summed E-state index contributed by atoms with van der Waals surface area (Å²) in [5.41, 5.74) is 1.63. The number of benzene rings is 2. The van der Waals surface area contributed by atoms with Gasteiger partial charge in [0.05, 0.1) is 31.1 Å². The van der Waals surface area contributed by atoms with Crippen molar-refractivity contribution in [2.45, 2.75) is 19.9 Å². The molecule has 29 heavy (non-hydrogen) atoms. The molecule has 1 amide bonds. The predicted molar refractivity (Wildman–Crippen MR) is 113 cm³/mol. The van der Waals surface area contributed by atoms with Gasteiger partial charge >= 0.3 is 0 Å². The molecule has 3 rings (SSSR count). The van der Waals surface area contributed by atoms with Crippen molar-refractivity contribution in [1.29, 1.82) is 0 Å². The molecule has 7 nitrogen and oxygen atoms in total. The first-order valence-electron chi connectivity index (χ1n) is 9.69. The van der Waals surface area contributed by atoms with Crippen molar-refractivity contribution in [3.05, 3.63) is 70.3 Å². The van der Waals surface area contributed by atoms with E-state index >= 15 is 0 Å². The van der Waals surface area contributed by atoms with Crippen LogP contribution in [0, 0.1) is 0 Å². The largest absolute Gasteiger partial charge is 0.497 e. The predicted octanol–water partition coefficient (Wildman–Crippen LogP) is 2.11. The van der Waals surface area contributed by atoms with Crippen LogP contribution in [0.25, 0.3) is 10.9 Å². The van der Waals surface area contributed by atoms with E-state index in [9.17, 15) is 9.59 Å². The van der Waals surface area contributed by atoms with Crippen molar-refractivity contribution in [1.82, 2.24) is 20.2 Å². The molecule has 0 spiro atoms. The van der Waals surface area contributed by atoms with Crippen molar-refractivity contribution >= 4 is 16.8 Å². The van der Waals surface area contributed by atoms with Crippen molar-refractivity contribution in [3.8, 4) is 5.75 Å². The van der Waals surface area contributed by atoms with Crippen LogP contribution in [-0.4, -0.2) is 47.5 Å². The van der Waals surface area contributed by atoms with Crippen molar-refractivity contribution in [2.75, 3.05) is 26.7 Å². The molecule has 0 atom stereocenters. The van der Waals surface area contributed by atoms with Gasteiger partial charge in [-0.25, -0.2) is 4.98 Å². The Kier molecular flexibility index (Phi) is 6.97. The number of methoxy groups -OCH3 is 1. The number of hydrogen-bond donors (Lipinski definition) is 2. The number of amides is 1. The van der Waals surface area contributed by atoms with Crippen LogP contribution in [0.15, 0.2) is 53.3 Å². The third-order valence-corrected chi connectivity index (χ3v) is 4.74. The maximum Gasteiger partial charge on any atom is 0.258 e. The number of hydrogen-bond acceptors (Lipinski definition) is 5. The van der Waals surface area contributed by atoms with E-state index in [0.717, 1.165) is 17.7 Å². The van der Waals surface area contributed by atoms with Gasteiger partial charge in [-0.1, -0.05) is 31.2 Å². The summed E-state index contributed by atoms with van der Waals surface area (Å²) in [6, 6.07) is 15.0. The van der Waals surface area contributed by atoms with Gasteiger partial charge in [0.25, 0.3) is 5.56 Å². The Labute approximate surface area is 169 Å². The zero-order valence-corrected chi connectivity index (χ0v) is 16.8. The van der Waals surface area contributed by atoms with E-state index < -0.39 is 0 Å². The quantitative estimate of drug-likeness (QED) is 0.580. The van der Waals surface area contributed by atoms with Crippen LogP contribution in [-0.2, 0) is 17.8 Å². The highest BCUT2D eigenvalue weighted by Gasteiger charge is 2.12. The second-order valence-electron chi connectivity index (χ2n) is 6.78. The lowest BCUT2D eigenvalue weighted by Gasteiger charge is -2.19. The number of rotatable bonds is 9. The Morgan fingerprint density at radius 3 is 2.66 bits per heavy atom. The molecule has 1 heterocycles. The fourth-order valence-corrected chi connectivity index (χ4v) is 3.10. The third-order valence-electron chi connectivity index (χ3n) is 4.74. The molecule has 0 aliphatic rings. The minimum absolute atomic E-state index is 0.0523. The molecular formula is C22H26N4O3. The first-order valence-corrected chi connectivity index (χ1v) is 9.69. The van der Waals surface area contributed by atoms with Gasteiger partial charge in [-0.3, -0.25) is 14.5 Å². The number of carbonyl (C=O) groups is 1. The summed E-state index contributed by atoms with van der Waals surface area (Å²) in [5.74, 6) is 1.32. The van der Waals surface area contributed by atoms with Gasteiger partial charge < -0.3 is 15.0 Å². The summed E-state index contributed by atoms with van der Waals surface area (Å²) in [6.07, 6.45) is 0.751. The number of nitrogens with zero attached hydrogens (tertiary/aromatic N) is 2. The Hall–Kier alpha value is -3.19. The van der Waals surface area contributed by atoms with Crippen LogP contribution in [0.3, 0.4) is 0 Å². The molecule has 0 aliphatic carbocycles. The number of H-pyrrole nitrogens is 1. The lowest BCUT2D eigenvalue weighted by atomic mass is 10.1. The molecule has 152 valence electrons. The highest BCUT2D eigenvalue weighted by Crippen LogP contribution is 2.11. The molecule has 0 radical (unpaired) electrons. The fourth-order valence-electron chi connectivity index (χ4n) is 3.10. The first-order chi connectivity index (χ1) is 14.1. The van der Waals surface area contributed by atoms with E-state index in [1.807, 2.05) is 54.3 Å². The second-order valence-corrected chi connectivity index (χ2v) is 6.78. The molecule has 0 fully saturated rings. The summed E-state index contributed by atoms with van der Waals surface area (Å²) in [5, 5.41) is 3.51. The van der Waals surface area contributed by atoms with Crippen molar-refractivity contribution < 1.29 is 9.53 Å². The molecule has 0 bridgehead atoms. The Bertz CT molecular complexity index is 1010. The Balaban J connectivity index is 1.52. The van der Waals surface area contributed by atoms with Crippen LogP contribution in [0.2, 0.25) is 0 Å². The standard InChI is InChI=1S/C22H26N4O3/c1-3-26(14-20-24-19-7-5-4-6-18(19)22(28)25-20)15-21(27)23-13-12-16-8-10-17(29-2)11-9-16/h4-11H,3,12-15H2,1-2H3,(H,23,27)(H,24,25,28). The van der Waals surface area contributed by atoms with Crippen molar-refractivity contribution in [3.63, 3.8) is 0 Å². The number of para-hydroxylation sites is 1. The number of nitrogens with one attached hydrogen (secondary N) is 2. The third kappa shape index (κ3) is 5.65. The molecule has 0 saturated carbocycles. The highest BCUT2D eigenvalue weighted by molar-refractivity contribution is 5.78. The van der Waals surface area contributed by atoms with Gasteiger partial charge in [0, 0.05) is 6.54 Å². The molecule has 2 N–H and O–H groups in total. The maximum atomic E-state index is 12.3.